The van der Waals surface area contributed by atoms with Crippen LogP contribution in [-0.4, -0.2) is 78.9 Å². The minimum Gasteiger partial charge on any atom is -0.327 e. The van der Waals surface area contributed by atoms with Crippen molar-refractivity contribution in [1.82, 2.24) is 23.7 Å². The van der Waals surface area contributed by atoms with Gasteiger partial charge in [-0.05, 0) is 43.0 Å². The molecule has 1 fully saturated rings. The summed E-state index contributed by atoms with van der Waals surface area (Å²) in [5.41, 5.74) is 1.74. The molecule has 0 saturated carbocycles. The second-order valence-electron chi connectivity index (χ2n) is 8.16. The lowest BCUT2D eigenvalue weighted by molar-refractivity contribution is 0.125. The van der Waals surface area contributed by atoms with Crippen LogP contribution in [0.3, 0.4) is 0 Å². The van der Waals surface area contributed by atoms with E-state index < -0.39 is 10.0 Å². The predicted molar refractivity (Wildman–Crippen MR) is 126 cm³/mol. The third kappa shape index (κ3) is 4.85. The van der Waals surface area contributed by atoms with Crippen molar-refractivity contribution in [2.45, 2.75) is 31.3 Å². The lowest BCUT2D eigenvalue weighted by Gasteiger charge is -2.34. The largest absolute Gasteiger partial charge is 0.327 e. The van der Waals surface area contributed by atoms with E-state index >= 15 is 0 Å². The maximum Gasteiger partial charge on any atom is 0.242 e. The number of thiophene rings is 1. The van der Waals surface area contributed by atoms with Crippen molar-refractivity contribution < 1.29 is 8.42 Å². The van der Waals surface area contributed by atoms with Crippen LogP contribution in [0.4, 0.5) is 0 Å². The summed E-state index contributed by atoms with van der Waals surface area (Å²) in [7, 11) is -0.362. The molecule has 4 rings (SSSR count). The maximum atomic E-state index is 12.5. The number of hydrogen-bond donors (Lipinski definition) is 0. The Balaban J connectivity index is 1.43. The molecule has 1 saturated heterocycles. The summed E-state index contributed by atoms with van der Waals surface area (Å²) >= 11 is 1.84. The first-order chi connectivity index (χ1) is 14.9. The molecule has 7 nitrogen and oxygen atoms in total. The van der Waals surface area contributed by atoms with Crippen LogP contribution in [0.25, 0.3) is 11.0 Å². The van der Waals surface area contributed by atoms with Gasteiger partial charge in [-0.15, -0.1) is 11.3 Å². The first-order valence-electron chi connectivity index (χ1n) is 10.8. The zero-order chi connectivity index (χ0) is 22.0. The third-order valence-electron chi connectivity index (χ3n) is 5.98. The summed E-state index contributed by atoms with van der Waals surface area (Å²) in [6.45, 7) is 9.02. The molecule has 0 unspecified atom stereocenters. The van der Waals surface area contributed by atoms with Crippen molar-refractivity contribution in [2.75, 3.05) is 46.8 Å². The smallest absolute Gasteiger partial charge is 0.242 e. The molecule has 1 aromatic carbocycles. The van der Waals surface area contributed by atoms with E-state index in [0.717, 1.165) is 69.1 Å². The highest BCUT2D eigenvalue weighted by atomic mass is 32.2. The SMILES string of the molecule is CCn1c(CN2CCN(CCc3cccs3)CC2)nc2cc(S(=O)(=O)N(C)C)ccc21. The quantitative estimate of drug-likeness (QED) is 0.516. The van der Waals surface area contributed by atoms with Gasteiger partial charge in [0.05, 0.1) is 22.5 Å². The average Bonchev–Trinajstić information content (AvgIpc) is 3.39. The summed E-state index contributed by atoms with van der Waals surface area (Å²) in [5, 5.41) is 2.14. The van der Waals surface area contributed by atoms with Crippen LogP contribution in [0.2, 0.25) is 0 Å². The summed E-state index contributed by atoms with van der Waals surface area (Å²) in [6, 6.07) is 9.60. The van der Waals surface area contributed by atoms with E-state index in [1.807, 2.05) is 17.4 Å². The number of imidazole rings is 1. The second-order valence-corrected chi connectivity index (χ2v) is 11.3. The molecule has 168 valence electrons. The summed E-state index contributed by atoms with van der Waals surface area (Å²) in [6.07, 6.45) is 1.13. The van der Waals surface area contributed by atoms with E-state index in [1.54, 1.807) is 26.2 Å². The van der Waals surface area contributed by atoms with Crippen LogP contribution in [-0.2, 0) is 29.5 Å². The third-order valence-corrected chi connectivity index (χ3v) is 8.73. The molecule has 31 heavy (non-hydrogen) atoms. The van der Waals surface area contributed by atoms with Gasteiger partial charge in [-0.3, -0.25) is 4.90 Å². The van der Waals surface area contributed by atoms with Gasteiger partial charge in [-0.2, -0.15) is 0 Å². The topological polar surface area (TPSA) is 61.7 Å². The fourth-order valence-electron chi connectivity index (χ4n) is 4.10. The molecule has 3 heterocycles. The van der Waals surface area contributed by atoms with Gasteiger partial charge in [-0.1, -0.05) is 6.07 Å². The molecule has 0 bridgehead atoms. The molecule has 1 aliphatic rings. The standard InChI is InChI=1S/C22H31N5O2S2/c1-4-27-21-8-7-19(31(28,29)24(2)3)16-20(21)23-22(27)17-26-13-11-25(12-14-26)10-9-18-6-5-15-30-18/h5-8,15-16H,4,9-14,17H2,1-3H3. The molecular weight excluding hydrogens is 430 g/mol. The molecule has 2 aromatic heterocycles. The zero-order valence-corrected chi connectivity index (χ0v) is 20.1. The Morgan fingerprint density at radius 1 is 1.10 bits per heavy atom. The number of hydrogen-bond acceptors (Lipinski definition) is 6. The van der Waals surface area contributed by atoms with Gasteiger partial charge in [0.1, 0.15) is 5.82 Å². The molecule has 0 atom stereocenters. The number of nitrogens with zero attached hydrogens (tertiary/aromatic N) is 5. The van der Waals surface area contributed by atoms with E-state index in [-0.39, 0.29) is 4.90 Å². The number of aromatic nitrogens is 2. The van der Waals surface area contributed by atoms with Crippen LogP contribution in [0.15, 0.2) is 40.6 Å². The van der Waals surface area contributed by atoms with Crippen molar-refractivity contribution in [3.05, 3.63) is 46.4 Å². The van der Waals surface area contributed by atoms with Gasteiger partial charge in [0.25, 0.3) is 0 Å². The van der Waals surface area contributed by atoms with E-state index in [2.05, 4.69) is 38.8 Å². The van der Waals surface area contributed by atoms with Crippen LogP contribution < -0.4 is 0 Å². The molecule has 1 aliphatic heterocycles. The Bertz CT molecular complexity index is 1110. The summed E-state index contributed by atoms with van der Waals surface area (Å²) < 4.78 is 28.4. The van der Waals surface area contributed by atoms with Crippen LogP contribution >= 0.6 is 11.3 Å². The fraction of sp³-hybridized carbons (Fsp3) is 0.500. The minimum atomic E-state index is -3.47. The van der Waals surface area contributed by atoms with Crippen LogP contribution in [0.1, 0.15) is 17.6 Å². The summed E-state index contributed by atoms with van der Waals surface area (Å²) in [5.74, 6) is 1.00. The second kappa shape index (κ2) is 9.38. The highest BCUT2D eigenvalue weighted by Crippen LogP contribution is 2.23. The Labute approximate surface area is 188 Å². The van der Waals surface area contributed by atoms with Crippen molar-refractivity contribution in [2.24, 2.45) is 0 Å². The van der Waals surface area contributed by atoms with Crippen molar-refractivity contribution in [3.8, 4) is 0 Å². The van der Waals surface area contributed by atoms with E-state index in [9.17, 15) is 8.42 Å². The molecule has 0 aliphatic carbocycles. The number of sulfonamides is 1. The van der Waals surface area contributed by atoms with E-state index in [4.69, 9.17) is 4.98 Å². The van der Waals surface area contributed by atoms with Gasteiger partial charge >= 0.3 is 0 Å². The first kappa shape index (κ1) is 22.4. The van der Waals surface area contributed by atoms with Gasteiger partial charge in [0, 0.05) is 58.2 Å². The lowest BCUT2D eigenvalue weighted by atomic mass is 10.2. The minimum absolute atomic E-state index is 0.289. The predicted octanol–water partition coefficient (Wildman–Crippen LogP) is 2.73. The molecule has 0 radical (unpaired) electrons. The first-order valence-corrected chi connectivity index (χ1v) is 13.1. The Morgan fingerprint density at radius 2 is 1.84 bits per heavy atom. The zero-order valence-electron chi connectivity index (χ0n) is 18.5. The molecule has 0 N–H and O–H groups in total. The van der Waals surface area contributed by atoms with E-state index in [1.165, 1.54) is 9.18 Å². The molecule has 9 heteroatoms. The Morgan fingerprint density at radius 3 is 2.48 bits per heavy atom. The molecule has 0 spiro atoms. The van der Waals surface area contributed by atoms with Gasteiger partial charge in [-0.25, -0.2) is 17.7 Å². The molecular formula is C22H31N5O2S2. The highest BCUT2D eigenvalue weighted by molar-refractivity contribution is 7.89. The normalized spacial score (nSPS) is 16.5. The maximum absolute atomic E-state index is 12.5. The molecule has 3 aromatic rings. The number of benzene rings is 1. The van der Waals surface area contributed by atoms with Gasteiger partial charge < -0.3 is 9.47 Å². The Kier molecular flexibility index (Phi) is 6.78. The van der Waals surface area contributed by atoms with Gasteiger partial charge in [0.2, 0.25) is 10.0 Å². The van der Waals surface area contributed by atoms with Gasteiger partial charge in [0.15, 0.2) is 0 Å². The fourth-order valence-corrected chi connectivity index (χ4v) is 5.72. The number of fused-ring (bicyclic) bond motifs is 1. The van der Waals surface area contributed by atoms with Crippen LogP contribution in [0.5, 0.6) is 0 Å². The van der Waals surface area contributed by atoms with Crippen LogP contribution in [0, 0.1) is 0 Å². The number of piperazine rings is 1. The van der Waals surface area contributed by atoms with Crippen molar-refractivity contribution in [3.63, 3.8) is 0 Å². The highest BCUT2D eigenvalue weighted by Gasteiger charge is 2.22. The molecule has 0 amide bonds. The van der Waals surface area contributed by atoms with E-state index in [0.29, 0.717) is 0 Å². The number of rotatable bonds is 8. The monoisotopic (exact) mass is 461 g/mol. The van der Waals surface area contributed by atoms with Crippen molar-refractivity contribution >= 4 is 32.4 Å². The van der Waals surface area contributed by atoms with Crippen molar-refractivity contribution in [1.29, 1.82) is 0 Å². The lowest BCUT2D eigenvalue weighted by Crippen LogP contribution is -2.46. The summed E-state index contributed by atoms with van der Waals surface area (Å²) in [4.78, 5) is 11.6. The number of aryl methyl sites for hydroxylation is 1. The Hall–Kier alpha value is -1.78. The average molecular weight is 462 g/mol.